The van der Waals surface area contributed by atoms with E-state index in [1.165, 1.54) is 0 Å². The highest BCUT2D eigenvalue weighted by molar-refractivity contribution is 5.73. The first kappa shape index (κ1) is 37.7. The molecule has 0 spiro atoms. The van der Waals surface area contributed by atoms with Gasteiger partial charge >= 0.3 is 17.9 Å². The number of aromatic nitrogens is 1. The van der Waals surface area contributed by atoms with E-state index in [9.17, 15) is 14.4 Å². The van der Waals surface area contributed by atoms with Gasteiger partial charge in [0.2, 0.25) is 0 Å². The summed E-state index contributed by atoms with van der Waals surface area (Å²) in [6, 6.07) is 13.6. The molecule has 1 aliphatic rings. The van der Waals surface area contributed by atoms with E-state index in [4.69, 9.17) is 19.2 Å². The van der Waals surface area contributed by atoms with Crippen molar-refractivity contribution in [2.24, 2.45) is 0 Å². The molecule has 0 saturated carbocycles. The Balaban J connectivity index is 1.99. The second kappa shape index (κ2) is 16.4. The van der Waals surface area contributed by atoms with Crippen molar-refractivity contribution in [2.45, 2.75) is 92.2 Å². The van der Waals surface area contributed by atoms with Crippen LogP contribution in [0.1, 0.15) is 84.8 Å². The molecule has 0 amide bonds. The summed E-state index contributed by atoms with van der Waals surface area (Å²) in [7, 11) is 0. The number of nitrogens with zero attached hydrogens (tertiary/aromatic N) is 4. The standard InChI is InChI=1S/C37H52N4O6/c1-35(2,3)45-32(42)25-39-17-19-40(26-33(43)46-36(4,5)6)23-30-21-29(16-15-28-13-11-10-12-14-28)22-31(38-30)24-41(20-18-39)27-34(44)47-37(7,8)9/h10-14,21-22H,17-20,23-27H2,1-9H3. The fraction of sp³-hybridized carbons (Fsp3) is 0.568. The van der Waals surface area contributed by atoms with Crippen molar-refractivity contribution in [2.75, 3.05) is 45.8 Å². The van der Waals surface area contributed by atoms with E-state index in [0.29, 0.717) is 39.3 Å². The number of carbonyl (C=O) groups excluding carboxylic acids is 3. The molecule has 0 unspecified atom stereocenters. The molecule has 0 fully saturated rings. The number of hydrogen-bond acceptors (Lipinski definition) is 10. The van der Waals surface area contributed by atoms with Crippen LogP contribution in [-0.2, 0) is 41.7 Å². The first-order chi connectivity index (χ1) is 21.8. The molecule has 1 aliphatic heterocycles. The topological polar surface area (TPSA) is 102 Å². The predicted molar refractivity (Wildman–Crippen MR) is 181 cm³/mol. The van der Waals surface area contributed by atoms with Crippen molar-refractivity contribution in [3.8, 4) is 11.8 Å². The molecule has 2 bridgehead atoms. The van der Waals surface area contributed by atoms with Crippen molar-refractivity contribution < 1.29 is 28.6 Å². The number of esters is 3. The number of hydrogen-bond donors (Lipinski definition) is 0. The van der Waals surface area contributed by atoms with Gasteiger partial charge in [-0.2, -0.15) is 0 Å². The zero-order valence-electron chi connectivity index (χ0n) is 29.6. The minimum atomic E-state index is -0.623. The van der Waals surface area contributed by atoms with E-state index in [1.54, 1.807) is 0 Å². The van der Waals surface area contributed by atoms with Crippen LogP contribution in [0.3, 0.4) is 0 Å². The fourth-order valence-corrected chi connectivity index (χ4v) is 4.94. The largest absolute Gasteiger partial charge is 0.459 e. The summed E-state index contributed by atoms with van der Waals surface area (Å²) in [6.07, 6.45) is 0. The monoisotopic (exact) mass is 648 g/mol. The first-order valence-corrected chi connectivity index (χ1v) is 16.2. The molecule has 0 radical (unpaired) electrons. The number of pyridine rings is 1. The Hall–Kier alpha value is -3.78. The number of ether oxygens (including phenoxy) is 3. The van der Waals surface area contributed by atoms with Gasteiger partial charge in [0.15, 0.2) is 0 Å². The predicted octanol–water partition coefficient (Wildman–Crippen LogP) is 4.43. The number of carbonyl (C=O) groups is 3. The normalized spacial score (nSPS) is 15.8. The Kier molecular flexibility index (Phi) is 13.1. The number of fused-ring (bicyclic) bond motifs is 2. The maximum atomic E-state index is 13.0. The summed E-state index contributed by atoms with van der Waals surface area (Å²) in [5, 5.41) is 0. The van der Waals surface area contributed by atoms with Crippen LogP contribution in [0.2, 0.25) is 0 Å². The number of rotatable bonds is 6. The average Bonchev–Trinajstić information content (AvgIpc) is 2.90. The van der Waals surface area contributed by atoms with Crippen molar-refractivity contribution in [3.05, 3.63) is 65.0 Å². The van der Waals surface area contributed by atoms with Crippen LogP contribution >= 0.6 is 0 Å². The van der Waals surface area contributed by atoms with Crippen molar-refractivity contribution in [3.63, 3.8) is 0 Å². The summed E-state index contributed by atoms with van der Waals surface area (Å²) in [6.45, 7) is 19.4. The van der Waals surface area contributed by atoms with Crippen LogP contribution in [0.5, 0.6) is 0 Å². The van der Waals surface area contributed by atoms with Gasteiger partial charge in [-0.15, -0.1) is 0 Å². The SMILES string of the molecule is CC(C)(C)OC(=O)CN1CCN(CC(=O)OC(C)(C)C)Cc2cc(C#Cc3ccccc3)cc(n2)CN(CC(=O)OC(C)(C)C)CC1. The van der Waals surface area contributed by atoms with Gasteiger partial charge < -0.3 is 14.2 Å². The third-order valence-corrected chi connectivity index (χ3v) is 6.61. The van der Waals surface area contributed by atoms with E-state index in [1.807, 2.05) is 119 Å². The zero-order valence-corrected chi connectivity index (χ0v) is 29.6. The summed E-state index contributed by atoms with van der Waals surface area (Å²) in [5.41, 5.74) is 1.28. The van der Waals surface area contributed by atoms with Gasteiger partial charge in [-0.05, 0) is 86.6 Å². The minimum absolute atomic E-state index is 0.0548. The highest BCUT2D eigenvalue weighted by Gasteiger charge is 2.25. The lowest BCUT2D eigenvalue weighted by atomic mass is 10.1. The van der Waals surface area contributed by atoms with Crippen molar-refractivity contribution in [1.82, 2.24) is 19.7 Å². The van der Waals surface area contributed by atoms with Crippen LogP contribution in [-0.4, -0.2) is 100 Å². The Labute approximate surface area is 280 Å². The van der Waals surface area contributed by atoms with Gasteiger partial charge in [0, 0.05) is 50.4 Å². The molecule has 2 aromatic rings. The van der Waals surface area contributed by atoms with Gasteiger partial charge in [0.1, 0.15) is 16.8 Å². The molecule has 0 aliphatic carbocycles. The Bertz CT molecular complexity index is 1360. The summed E-state index contributed by atoms with van der Waals surface area (Å²) in [5.74, 6) is 5.48. The Morgan fingerprint density at radius 3 is 1.36 bits per heavy atom. The molecule has 10 heteroatoms. The lowest BCUT2D eigenvalue weighted by Gasteiger charge is -2.31. The summed E-state index contributed by atoms with van der Waals surface area (Å²) < 4.78 is 16.9. The van der Waals surface area contributed by atoms with Crippen molar-refractivity contribution >= 4 is 17.9 Å². The zero-order chi connectivity index (χ0) is 34.8. The van der Waals surface area contributed by atoms with Crippen LogP contribution in [0.4, 0.5) is 0 Å². The lowest BCUT2D eigenvalue weighted by Crippen LogP contribution is -2.45. The van der Waals surface area contributed by atoms with Gasteiger partial charge in [-0.1, -0.05) is 30.0 Å². The van der Waals surface area contributed by atoms with Gasteiger partial charge in [-0.3, -0.25) is 34.1 Å². The van der Waals surface area contributed by atoms with E-state index < -0.39 is 16.8 Å². The molecule has 3 rings (SSSR count). The minimum Gasteiger partial charge on any atom is -0.459 e. The molecular weight excluding hydrogens is 596 g/mol. The number of benzene rings is 1. The highest BCUT2D eigenvalue weighted by Crippen LogP contribution is 2.16. The third kappa shape index (κ3) is 15.6. The average molecular weight is 649 g/mol. The Morgan fingerprint density at radius 1 is 0.596 bits per heavy atom. The fourth-order valence-electron chi connectivity index (χ4n) is 4.94. The molecule has 1 aromatic heterocycles. The quantitative estimate of drug-likeness (QED) is 0.254. The molecule has 10 nitrogen and oxygen atoms in total. The van der Waals surface area contributed by atoms with Gasteiger partial charge in [0.25, 0.3) is 0 Å². The molecule has 256 valence electrons. The molecule has 2 heterocycles. The van der Waals surface area contributed by atoms with E-state index in [0.717, 1.165) is 22.5 Å². The Morgan fingerprint density at radius 2 is 0.957 bits per heavy atom. The summed E-state index contributed by atoms with van der Waals surface area (Å²) >= 11 is 0. The van der Waals surface area contributed by atoms with Gasteiger partial charge in [0.05, 0.1) is 31.0 Å². The lowest BCUT2D eigenvalue weighted by molar-refractivity contribution is -0.158. The van der Waals surface area contributed by atoms with E-state index >= 15 is 0 Å². The van der Waals surface area contributed by atoms with Crippen LogP contribution < -0.4 is 0 Å². The second-order valence-corrected chi connectivity index (χ2v) is 14.9. The summed E-state index contributed by atoms with van der Waals surface area (Å²) in [4.78, 5) is 49.8. The van der Waals surface area contributed by atoms with Crippen LogP contribution in [0, 0.1) is 11.8 Å². The highest BCUT2D eigenvalue weighted by atomic mass is 16.6. The van der Waals surface area contributed by atoms with Crippen LogP contribution in [0.25, 0.3) is 0 Å². The molecule has 0 N–H and O–H groups in total. The molecular formula is C37H52N4O6. The molecule has 47 heavy (non-hydrogen) atoms. The van der Waals surface area contributed by atoms with E-state index in [2.05, 4.69) is 11.8 Å². The molecule has 1 aromatic carbocycles. The molecule has 0 saturated heterocycles. The second-order valence-electron chi connectivity index (χ2n) is 14.9. The first-order valence-electron chi connectivity index (χ1n) is 16.2. The molecule has 0 atom stereocenters. The van der Waals surface area contributed by atoms with Crippen LogP contribution in [0.15, 0.2) is 42.5 Å². The van der Waals surface area contributed by atoms with E-state index in [-0.39, 0.29) is 37.5 Å². The third-order valence-electron chi connectivity index (χ3n) is 6.61. The maximum absolute atomic E-state index is 13.0. The van der Waals surface area contributed by atoms with Gasteiger partial charge in [-0.25, -0.2) is 0 Å². The van der Waals surface area contributed by atoms with Crippen molar-refractivity contribution in [1.29, 1.82) is 0 Å². The smallest absolute Gasteiger partial charge is 0.320 e. The maximum Gasteiger partial charge on any atom is 0.320 e.